The zero-order valence-corrected chi connectivity index (χ0v) is 10.5. The maximum absolute atomic E-state index is 5.38. The fourth-order valence-corrected chi connectivity index (χ4v) is 3.20. The summed E-state index contributed by atoms with van der Waals surface area (Å²) in [4.78, 5) is 2.32. The lowest BCUT2D eigenvalue weighted by atomic mass is 10.2. The molecule has 3 heteroatoms. The lowest BCUT2D eigenvalue weighted by molar-refractivity contribution is 0.751. The van der Waals surface area contributed by atoms with Crippen LogP contribution in [-0.2, 0) is 0 Å². The van der Waals surface area contributed by atoms with Gasteiger partial charge in [-0.25, -0.2) is 0 Å². The first-order chi connectivity index (χ1) is 7.31. The Morgan fingerprint density at radius 2 is 2.20 bits per heavy atom. The number of fused-ring (bicyclic) bond motifs is 1. The first-order valence-electron chi connectivity index (χ1n) is 5.38. The van der Waals surface area contributed by atoms with Crippen LogP contribution in [-0.4, -0.2) is 10.2 Å². The predicted molar refractivity (Wildman–Crippen MR) is 71.8 cm³/mol. The Hall–Kier alpha value is -0.540. The third kappa shape index (κ3) is 2.52. The summed E-state index contributed by atoms with van der Waals surface area (Å²) in [5, 5.41) is 3.80. The van der Waals surface area contributed by atoms with Crippen LogP contribution in [0.4, 0.5) is 5.69 Å². The van der Waals surface area contributed by atoms with Gasteiger partial charge >= 0.3 is 0 Å². The van der Waals surface area contributed by atoms with Crippen LogP contribution in [0.1, 0.15) is 26.2 Å². The molecule has 80 valence electrons. The summed E-state index contributed by atoms with van der Waals surface area (Å²) in [6.07, 6.45) is 3.67. The van der Waals surface area contributed by atoms with E-state index in [1.807, 2.05) is 17.8 Å². The summed E-state index contributed by atoms with van der Waals surface area (Å²) in [6.45, 7) is 2.22. The van der Waals surface area contributed by atoms with Crippen LogP contribution < -0.4 is 5.32 Å². The van der Waals surface area contributed by atoms with E-state index in [9.17, 15) is 0 Å². The van der Waals surface area contributed by atoms with Crippen LogP contribution in [0.15, 0.2) is 29.2 Å². The number of nitrogens with one attached hydrogen (secondary N) is 1. The SMILES string of the molecule is CCCCC1Sc2ccccc2NC1=S. The quantitative estimate of drug-likeness (QED) is 0.795. The molecule has 1 aliphatic heterocycles. The maximum atomic E-state index is 5.38. The number of hydrogen-bond acceptors (Lipinski definition) is 2. The predicted octanol–water partition coefficient (Wildman–Crippen LogP) is 4.09. The van der Waals surface area contributed by atoms with E-state index in [-0.39, 0.29) is 0 Å². The molecule has 1 unspecified atom stereocenters. The second kappa shape index (κ2) is 4.99. The Labute approximate surface area is 101 Å². The number of benzene rings is 1. The van der Waals surface area contributed by atoms with Gasteiger partial charge in [0.25, 0.3) is 0 Å². The molecule has 1 aromatic rings. The van der Waals surface area contributed by atoms with Gasteiger partial charge in [-0.05, 0) is 18.6 Å². The minimum atomic E-state index is 0.467. The van der Waals surface area contributed by atoms with E-state index in [0.717, 1.165) is 4.99 Å². The average Bonchev–Trinajstić information content (AvgIpc) is 2.26. The van der Waals surface area contributed by atoms with Crippen LogP contribution in [0, 0.1) is 0 Å². The number of para-hydroxylation sites is 1. The number of hydrogen-bond donors (Lipinski definition) is 1. The normalized spacial score (nSPS) is 19.5. The largest absolute Gasteiger partial charge is 0.348 e. The first-order valence-corrected chi connectivity index (χ1v) is 6.66. The molecule has 15 heavy (non-hydrogen) atoms. The Kier molecular flexibility index (Phi) is 3.65. The number of anilines is 1. The number of unbranched alkanes of at least 4 members (excludes halogenated alkanes) is 1. The highest BCUT2D eigenvalue weighted by Gasteiger charge is 2.22. The van der Waals surface area contributed by atoms with E-state index in [4.69, 9.17) is 12.2 Å². The number of thiocarbonyl (C=S) groups is 1. The van der Waals surface area contributed by atoms with Crippen molar-refractivity contribution < 1.29 is 0 Å². The van der Waals surface area contributed by atoms with Crippen LogP contribution in [0.25, 0.3) is 0 Å². The molecule has 0 amide bonds. The van der Waals surface area contributed by atoms with Gasteiger partial charge in [-0.2, -0.15) is 0 Å². The Bertz CT molecular complexity index is 362. The third-order valence-corrected chi connectivity index (χ3v) is 4.43. The van der Waals surface area contributed by atoms with Gasteiger partial charge in [-0.15, -0.1) is 11.8 Å². The lowest BCUT2D eigenvalue weighted by Gasteiger charge is -2.26. The molecule has 0 saturated heterocycles. The van der Waals surface area contributed by atoms with E-state index < -0.39 is 0 Å². The van der Waals surface area contributed by atoms with E-state index in [1.165, 1.54) is 29.8 Å². The first kappa shape index (κ1) is 11.0. The van der Waals surface area contributed by atoms with Crippen molar-refractivity contribution in [1.29, 1.82) is 0 Å². The summed E-state index contributed by atoms with van der Waals surface area (Å²) in [5.41, 5.74) is 1.17. The Balaban J connectivity index is 2.11. The number of rotatable bonds is 3. The smallest absolute Gasteiger partial charge is 0.0933 e. The molecule has 1 aromatic carbocycles. The molecule has 0 saturated carbocycles. The summed E-state index contributed by atoms with van der Waals surface area (Å²) in [5.74, 6) is 0. The van der Waals surface area contributed by atoms with Gasteiger partial charge in [0.15, 0.2) is 0 Å². The molecular weight excluding hydrogens is 222 g/mol. The Morgan fingerprint density at radius 1 is 1.40 bits per heavy atom. The number of thioether (sulfide) groups is 1. The highest BCUT2D eigenvalue weighted by atomic mass is 32.2. The zero-order valence-electron chi connectivity index (χ0n) is 8.82. The molecule has 2 rings (SSSR count). The Morgan fingerprint density at radius 3 is 3.00 bits per heavy atom. The molecule has 0 bridgehead atoms. The molecule has 1 N–H and O–H groups in total. The van der Waals surface area contributed by atoms with Crippen molar-refractivity contribution in [2.45, 2.75) is 36.3 Å². The van der Waals surface area contributed by atoms with Crippen molar-refractivity contribution in [1.82, 2.24) is 0 Å². The van der Waals surface area contributed by atoms with Crippen LogP contribution >= 0.6 is 24.0 Å². The molecule has 1 atom stereocenters. The van der Waals surface area contributed by atoms with Gasteiger partial charge in [-0.1, -0.05) is 44.1 Å². The summed E-state index contributed by atoms with van der Waals surface area (Å²) in [6, 6.07) is 8.37. The molecule has 1 nitrogen and oxygen atoms in total. The van der Waals surface area contributed by atoms with Crippen LogP contribution in [0.2, 0.25) is 0 Å². The summed E-state index contributed by atoms with van der Waals surface area (Å²) < 4.78 is 0. The van der Waals surface area contributed by atoms with Gasteiger partial charge < -0.3 is 5.32 Å². The molecule has 0 radical (unpaired) electrons. The topological polar surface area (TPSA) is 12.0 Å². The van der Waals surface area contributed by atoms with E-state index >= 15 is 0 Å². The standard InChI is InChI=1S/C12H15NS2/c1-2-3-7-11-12(14)13-9-6-4-5-8-10(9)15-11/h4-6,8,11H,2-3,7H2,1H3,(H,13,14). The molecule has 0 spiro atoms. The molecule has 0 fully saturated rings. The zero-order chi connectivity index (χ0) is 10.7. The second-order valence-corrected chi connectivity index (χ2v) is 5.42. The van der Waals surface area contributed by atoms with Gasteiger partial charge in [0, 0.05) is 4.90 Å². The van der Waals surface area contributed by atoms with Crippen molar-refractivity contribution >= 4 is 34.7 Å². The van der Waals surface area contributed by atoms with E-state index in [0.29, 0.717) is 5.25 Å². The third-order valence-electron chi connectivity index (χ3n) is 2.53. The fraction of sp³-hybridized carbons (Fsp3) is 0.417. The minimum Gasteiger partial charge on any atom is -0.348 e. The van der Waals surface area contributed by atoms with Gasteiger partial charge in [-0.3, -0.25) is 0 Å². The molecule has 0 aromatic heterocycles. The van der Waals surface area contributed by atoms with Crippen LogP contribution in [0.3, 0.4) is 0 Å². The molecule has 0 aliphatic carbocycles. The average molecular weight is 237 g/mol. The molecule has 1 heterocycles. The van der Waals surface area contributed by atoms with Crippen molar-refractivity contribution in [3.05, 3.63) is 24.3 Å². The monoisotopic (exact) mass is 237 g/mol. The second-order valence-electron chi connectivity index (χ2n) is 3.73. The maximum Gasteiger partial charge on any atom is 0.0933 e. The highest BCUT2D eigenvalue weighted by molar-refractivity contribution is 8.02. The van der Waals surface area contributed by atoms with Crippen molar-refractivity contribution in [3.8, 4) is 0 Å². The van der Waals surface area contributed by atoms with Crippen molar-refractivity contribution in [2.24, 2.45) is 0 Å². The van der Waals surface area contributed by atoms with Gasteiger partial charge in [0.2, 0.25) is 0 Å². The molecular formula is C12H15NS2. The van der Waals surface area contributed by atoms with Crippen LogP contribution in [0.5, 0.6) is 0 Å². The summed E-state index contributed by atoms with van der Waals surface area (Å²) in [7, 11) is 0. The fourth-order valence-electron chi connectivity index (χ4n) is 1.67. The van der Waals surface area contributed by atoms with Crippen molar-refractivity contribution in [3.63, 3.8) is 0 Å². The summed E-state index contributed by atoms with van der Waals surface area (Å²) >= 11 is 7.29. The van der Waals surface area contributed by atoms with Gasteiger partial charge in [0.1, 0.15) is 0 Å². The van der Waals surface area contributed by atoms with E-state index in [1.54, 1.807) is 0 Å². The molecule has 1 aliphatic rings. The van der Waals surface area contributed by atoms with E-state index in [2.05, 4.69) is 30.4 Å². The minimum absolute atomic E-state index is 0.467. The van der Waals surface area contributed by atoms with Crippen molar-refractivity contribution in [2.75, 3.05) is 5.32 Å². The highest BCUT2D eigenvalue weighted by Crippen LogP contribution is 2.37. The van der Waals surface area contributed by atoms with Gasteiger partial charge in [0.05, 0.1) is 15.9 Å². The lowest BCUT2D eigenvalue weighted by Crippen LogP contribution is -2.27.